The molecule has 0 saturated carbocycles. The van der Waals surface area contributed by atoms with E-state index >= 15 is 0 Å². The molecule has 0 bridgehead atoms. The normalized spacial score (nSPS) is 15.1. The summed E-state index contributed by atoms with van der Waals surface area (Å²) < 4.78 is 7.30. The number of thioether (sulfide) groups is 1. The Balaban J connectivity index is 1.73. The second-order valence-electron chi connectivity index (χ2n) is 7.72. The number of nitrogens with zero attached hydrogens (tertiary/aromatic N) is 2. The van der Waals surface area contributed by atoms with Gasteiger partial charge in [0.25, 0.3) is 0 Å². The van der Waals surface area contributed by atoms with Gasteiger partial charge in [0, 0.05) is 40.6 Å². The van der Waals surface area contributed by atoms with Crippen molar-refractivity contribution in [2.45, 2.75) is 37.8 Å². The molecule has 2 aromatic rings. The van der Waals surface area contributed by atoms with E-state index in [4.69, 9.17) is 4.74 Å². The van der Waals surface area contributed by atoms with Crippen molar-refractivity contribution in [3.05, 3.63) is 30.5 Å². The van der Waals surface area contributed by atoms with Crippen molar-refractivity contribution >= 4 is 34.5 Å². The van der Waals surface area contributed by atoms with Crippen molar-refractivity contribution < 1.29 is 14.3 Å². The fourth-order valence-corrected chi connectivity index (χ4v) is 4.00. The monoisotopic (exact) mass is 389 g/mol. The topological polar surface area (TPSA) is 63.6 Å². The van der Waals surface area contributed by atoms with E-state index in [1.54, 1.807) is 0 Å². The Morgan fingerprint density at radius 3 is 2.59 bits per heavy atom. The highest BCUT2D eigenvalue weighted by atomic mass is 32.2. The van der Waals surface area contributed by atoms with Crippen molar-refractivity contribution in [3.8, 4) is 0 Å². The van der Waals surface area contributed by atoms with Gasteiger partial charge in [0.05, 0.1) is 19.0 Å². The maximum atomic E-state index is 12.6. The predicted octanol–water partition coefficient (Wildman–Crippen LogP) is 2.51. The van der Waals surface area contributed by atoms with Crippen LogP contribution in [0.25, 0.3) is 10.9 Å². The lowest BCUT2D eigenvalue weighted by Crippen LogP contribution is -2.42. The van der Waals surface area contributed by atoms with Crippen LogP contribution in [0, 0.1) is 0 Å². The van der Waals surface area contributed by atoms with Crippen LogP contribution in [0.2, 0.25) is 0 Å². The standard InChI is InChI=1S/C20H27N3O3S/c1-20(2,3)21-18(24)14-27-17-12-23(16-7-5-4-6-15(16)17)13-19(25)22-8-10-26-11-9-22/h4-7,12H,8-11,13-14H2,1-3H3,(H,21,24). The van der Waals surface area contributed by atoms with Crippen molar-refractivity contribution in [1.29, 1.82) is 0 Å². The van der Waals surface area contributed by atoms with Crippen molar-refractivity contribution in [3.63, 3.8) is 0 Å². The number of hydrogen-bond donors (Lipinski definition) is 1. The lowest BCUT2D eigenvalue weighted by molar-refractivity contribution is -0.135. The van der Waals surface area contributed by atoms with Crippen LogP contribution >= 0.6 is 11.8 Å². The number of fused-ring (bicyclic) bond motifs is 1. The molecule has 2 heterocycles. The summed E-state index contributed by atoms with van der Waals surface area (Å²) >= 11 is 1.50. The molecule has 0 radical (unpaired) electrons. The van der Waals surface area contributed by atoms with Gasteiger partial charge in [0.15, 0.2) is 0 Å². The number of nitrogens with one attached hydrogen (secondary N) is 1. The molecular formula is C20H27N3O3S. The van der Waals surface area contributed by atoms with Crippen LogP contribution in [0.15, 0.2) is 35.4 Å². The first-order chi connectivity index (χ1) is 12.8. The molecule has 0 atom stereocenters. The Kier molecular flexibility index (Phi) is 6.11. The molecule has 7 heteroatoms. The van der Waals surface area contributed by atoms with E-state index in [2.05, 4.69) is 5.32 Å². The molecule has 146 valence electrons. The summed E-state index contributed by atoms with van der Waals surface area (Å²) in [5.74, 6) is 0.456. The van der Waals surface area contributed by atoms with E-state index in [1.807, 2.05) is 60.7 Å². The van der Waals surface area contributed by atoms with Crippen molar-refractivity contribution in [1.82, 2.24) is 14.8 Å². The molecule has 1 aromatic carbocycles. The van der Waals surface area contributed by atoms with Crippen LogP contribution in [0.3, 0.4) is 0 Å². The van der Waals surface area contributed by atoms with E-state index < -0.39 is 0 Å². The Morgan fingerprint density at radius 2 is 1.89 bits per heavy atom. The first kappa shape index (κ1) is 19.8. The van der Waals surface area contributed by atoms with Gasteiger partial charge >= 0.3 is 0 Å². The van der Waals surface area contributed by atoms with E-state index in [1.165, 1.54) is 11.8 Å². The van der Waals surface area contributed by atoms with Crippen LogP contribution in [-0.2, 0) is 20.9 Å². The van der Waals surface area contributed by atoms with Gasteiger partial charge in [0.2, 0.25) is 11.8 Å². The van der Waals surface area contributed by atoms with E-state index in [0.29, 0.717) is 38.6 Å². The van der Waals surface area contributed by atoms with Crippen molar-refractivity contribution in [2.24, 2.45) is 0 Å². The molecule has 1 saturated heterocycles. The molecule has 1 aliphatic heterocycles. The van der Waals surface area contributed by atoms with Crippen LogP contribution in [-0.4, -0.2) is 58.9 Å². The minimum Gasteiger partial charge on any atom is -0.378 e. The highest BCUT2D eigenvalue weighted by Crippen LogP contribution is 2.30. The van der Waals surface area contributed by atoms with Gasteiger partial charge in [-0.1, -0.05) is 18.2 Å². The zero-order chi connectivity index (χ0) is 19.4. The molecule has 1 N–H and O–H groups in total. The molecule has 0 spiro atoms. The number of rotatable bonds is 5. The highest BCUT2D eigenvalue weighted by molar-refractivity contribution is 8.00. The molecule has 2 amide bonds. The number of ether oxygens (including phenoxy) is 1. The van der Waals surface area contributed by atoms with Gasteiger partial charge in [-0.15, -0.1) is 11.8 Å². The Bertz CT molecular complexity index is 819. The largest absolute Gasteiger partial charge is 0.378 e. The minimum atomic E-state index is -0.240. The third kappa shape index (κ3) is 5.26. The third-order valence-corrected chi connectivity index (χ3v) is 5.34. The number of hydrogen-bond acceptors (Lipinski definition) is 4. The highest BCUT2D eigenvalue weighted by Gasteiger charge is 2.19. The number of carbonyl (C=O) groups excluding carboxylic acids is 2. The van der Waals surface area contributed by atoms with Gasteiger partial charge in [-0.05, 0) is 26.8 Å². The average Bonchev–Trinajstić information content (AvgIpc) is 2.97. The first-order valence-electron chi connectivity index (χ1n) is 9.21. The lowest BCUT2D eigenvalue weighted by atomic mass is 10.1. The average molecular weight is 390 g/mol. The quantitative estimate of drug-likeness (QED) is 0.798. The third-order valence-electron chi connectivity index (χ3n) is 4.29. The number of para-hydroxylation sites is 1. The number of amides is 2. The molecule has 27 heavy (non-hydrogen) atoms. The molecule has 6 nitrogen and oxygen atoms in total. The Hall–Kier alpha value is -1.99. The molecule has 3 rings (SSSR count). The van der Waals surface area contributed by atoms with Crippen LogP contribution < -0.4 is 5.32 Å². The van der Waals surface area contributed by atoms with E-state index in [0.717, 1.165) is 15.8 Å². The van der Waals surface area contributed by atoms with Crippen LogP contribution in [0.4, 0.5) is 0 Å². The summed E-state index contributed by atoms with van der Waals surface area (Å²) in [6.45, 7) is 8.70. The summed E-state index contributed by atoms with van der Waals surface area (Å²) in [6, 6.07) is 8.00. The fourth-order valence-electron chi connectivity index (χ4n) is 3.12. The van der Waals surface area contributed by atoms with Gasteiger partial charge in [0.1, 0.15) is 6.54 Å². The Morgan fingerprint density at radius 1 is 1.19 bits per heavy atom. The summed E-state index contributed by atoms with van der Waals surface area (Å²) in [5.41, 5.74) is 0.772. The molecular weight excluding hydrogens is 362 g/mol. The van der Waals surface area contributed by atoms with Gasteiger partial charge in [-0.2, -0.15) is 0 Å². The smallest absolute Gasteiger partial charge is 0.242 e. The summed E-state index contributed by atoms with van der Waals surface area (Å²) in [5, 5.41) is 4.05. The summed E-state index contributed by atoms with van der Waals surface area (Å²) in [6.07, 6.45) is 1.98. The van der Waals surface area contributed by atoms with Gasteiger partial charge in [-0.25, -0.2) is 0 Å². The van der Waals surface area contributed by atoms with Crippen LogP contribution in [0.5, 0.6) is 0 Å². The second kappa shape index (κ2) is 8.35. The van der Waals surface area contributed by atoms with Gasteiger partial charge in [-0.3, -0.25) is 9.59 Å². The molecule has 0 aliphatic carbocycles. The lowest BCUT2D eigenvalue weighted by Gasteiger charge is -2.27. The summed E-state index contributed by atoms with van der Waals surface area (Å²) in [4.78, 5) is 27.6. The SMILES string of the molecule is CC(C)(C)NC(=O)CSc1cn(CC(=O)N2CCOCC2)c2ccccc12. The zero-order valence-electron chi connectivity index (χ0n) is 16.2. The summed E-state index contributed by atoms with van der Waals surface area (Å²) in [7, 11) is 0. The maximum absolute atomic E-state index is 12.6. The van der Waals surface area contributed by atoms with Crippen LogP contribution in [0.1, 0.15) is 20.8 Å². The second-order valence-corrected chi connectivity index (χ2v) is 8.74. The van der Waals surface area contributed by atoms with E-state index in [9.17, 15) is 9.59 Å². The van der Waals surface area contributed by atoms with E-state index in [-0.39, 0.29) is 17.4 Å². The molecule has 0 unspecified atom stereocenters. The maximum Gasteiger partial charge on any atom is 0.242 e. The number of benzene rings is 1. The first-order valence-corrected chi connectivity index (χ1v) is 10.2. The van der Waals surface area contributed by atoms with Crippen molar-refractivity contribution in [2.75, 3.05) is 32.1 Å². The number of aromatic nitrogens is 1. The zero-order valence-corrected chi connectivity index (χ0v) is 17.0. The fraction of sp³-hybridized carbons (Fsp3) is 0.500. The Labute approximate surface area is 164 Å². The minimum absolute atomic E-state index is 0.00808. The predicted molar refractivity (Wildman–Crippen MR) is 108 cm³/mol. The van der Waals surface area contributed by atoms with Gasteiger partial charge < -0.3 is 19.5 Å². The number of morpholine rings is 1. The molecule has 1 aromatic heterocycles. The number of carbonyl (C=O) groups is 2. The molecule has 1 fully saturated rings. The molecule has 1 aliphatic rings.